The molecule has 2 aliphatic heterocycles. The van der Waals surface area contributed by atoms with Gasteiger partial charge in [0.05, 0.1) is 17.8 Å². The fourth-order valence-electron chi connectivity index (χ4n) is 6.41. The Hall–Kier alpha value is -2.72. The van der Waals surface area contributed by atoms with Crippen LogP contribution in [0.3, 0.4) is 0 Å². The number of hydrogen-bond acceptors (Lipinski definition) is 4. The van der Waals surface area contributed by atoms with E-state index in [0.29, 0.717) is 42.8 Å². The molecule has 2 aromatic carbocycles. The van der Waals surface area contributed by atoms with Crippen molar-refractivity contribution in [2.24, 2.45) is 5.41 Å². The predicted octanol–water partition coefficient (Wildman–Crippen LogP) is 6.08. The quantitative estimate of drug-likeness (QED) is 0.381. The first-order valence-electron chi connectivity index (χ1n) is 12.4. The molecule has 1 saturated heterocycles. The normalized spacial score (nSPS) is 21.3. The Bertz CT molecular complexity index is 1400. The topological polar surface area (TPSA) is 37.2 Å². The molecule has 2 aliphatic carbocycles. The Morgan fingerprint density at radius 1 is 0.973 bits per heavy atom. The summed E-state index contributed by atoms with van der Waals surface area (Å²) in [5.41, 5.74) is -0.0873. The molecule has 3 fully saturated rings. The monoisotopic (exact) mass is 535 g/mol. The first-order valence-corrected chi connectivity index (χ1v) is 12.8. The van der Waals surface area contributed by atoms with Crippen molar-refractivity contribution in [3.05, 3.63) is 69.8 Å². The lowest BCUT2D eigenvalue weighted by Gasteiger charge is -2.59. The highest BCUT2D eigenvalue weighted by atomic mass is 35.5. The molecule has 194 valence electrons. The lowest BCUT2D eigenvalue weighted by molar-refractivity contribution is -0.140. The Balaban J connectivity index is 1.13. The molecule has 11 heteroatoms. The van der Waals surface area contributed by atoms with Crippen LogP contribution in [0.2, 0.25) is 5.02 Å². The van der Waals surface area contributed by atoms with Crippen LogP contribution in [0.1, 0.15) is 54.4 Å². The second-order valence-corrected chi connectivity index (χ2v) is 11.4. The molecule has 3 heterocycles. The third kappa shape index (κ3) is 3.74. The molecule has 7 rings (SSSR count). The molecular formula is C26H23ClF5N5. The summed E-state index contributed by atoms with van der Waals surface area (Å²) in [6, 6.07) is 7.55. The van der Waals surface area contributed by atoms with Gasteiger partial charge in [-0.3, -0.25) is 9.47 Å². The van der Waals surface area contributed by atoms with Crippen LogP contribution in [-0.2, 0) is 19.3 Å². The summed E-state index contributed by atoms with van der Waals surface area (Å²) in [5.74, 6) is -0.675. The second kappa shape index (κ2) is 7.89. The molecule has 0 N–H and O–H groups in total. The fraction of sp³-hybridized carbons (Fsp3) is 0.462. The second-order valence-electron chi connectivity index (χ2n) is 10.9. The Labute approximate surface area is 214 Å². The van der Waals surface area contributed by atoms with Crippen molar-refractivity contribution >= 4 is 17.3 Å². The minimum Gasteiger partial charge on any atom is -0.366 e. The van der Waals surface area contributed by atoms with Crippen molar-refractivity contribution in [2.75, 3.05) is 18.0 Å². The molecule has 1 aromatic heterocycles. The van der Waals surface area contributed by atoms with Gasteiger partial charge in [-0.15, -0.1) is 10.2 Å². The zero-order valence-electron chi connectivity index (χ0n) is 19.7. The van der Waals surface area contributed by atoms with E-state index in [2.05, 4.69) is 19.7 Å². The van der Waals surface area contributed by atoms with E-state index < -0.39 is 29.1 Å². The fourth-order valence-corrected chi connectivity index (χ4v) is 6.61. The molecule has 1 spiro atoms. The number of aromatic nitrogens is 3. The smallest absolute Gasteiger partial charge is 0.366 e. The molecule has 0 bridgehead atoms. The zero-order valence-corrected chi connectivity index (χ0v) is 20.5. The molecular weight excluding hydrogens is 513 g/mol. The average molecular weight is 536 g/mol. The highest BCUT2D eigenvalue weighted by Gasteiger charge is 2.55. The van der Waals surface area contributed by atoms with Crippen molar-refractivity contribution in [3.63, 3.8) is 0 Å². The minimum atomic E-state index is -4.88. The van der Waals surface area contributed by atoms with Gasteiger partial charge >= 0.3 is 6.18 Å². The Morgan fingerprint density at radius 2 is 1.73 bits per heavy atom. The Kier molecular flexibility index (Phi) is 4.99. The number of hydrogen-bond donors (Lipinski definition) is 0. The van der Waals surface area contributed by atoms with E-state index in [4.69, 9.17) is 11.6 Å². The Morgan fingerprint density at radius 3 is 2.43 bits per heavy atom. The summed E-state index contributed by atoms with van der Waals surface area (Å²) < 4.78 is 70.6. The van der Waals surface area contributed by atoms with Gasteiger partial charge in [0, 0.05) is 42.0 Å². The van der Waals surface area contributed by atoms with Crippen molar-refractivity contribution in [2.45, 2.75) is 56.9 Å². The summed E-state index contributed by atoms with van der Waals surface area (Å²) in [6.45, 7) is 2.10. The van der Waals surface area contributed by atoms with E-state index in [-0.39, 0.29) is 11.3 Å². The van der Waals surface area contributed by atoms with Crippen LogP contribution in [-0.4, -0.2) is 38.8 Å². The molecule has 0 unspecified atom stereocenters. The molecule has 5 nitrogen and oxygen atoms in total. The van der Waals surface area contributed by atoms with Gasteiger partial charge in [-0.2, -0.15) is 13.2 Å². The summed E-state index contributed by atoms with van der Waals surface area (Å²) in [6.07, 6.45) is -1.06. The van der Waals surface area contributed by atoms with Crippen molar-refractivity contribution < 1.29 is 22.0 Å². The van der Waals surface area contributed by atoms with Gasteiger partial charge in [0.25, 0.3) is 0 Å². The summed E-state index contributed by atoms with van der Waals surface area (Å²) in [5, 5.41) is 9.77. The van der Waals surface area contributed by atoms with Crippen LogP contribution >= 0.6 is 11.6 Å². The summed E-state index contributed by atoms with van der Waals surface area (Å²) in [7, 11) is 0. The molecule has 2 saturated carbocycles. The van der Waals surface area contributed by atoms with Crippen LogP contribution < -0.4 is 4.90 Å². The van der Waals surface area contributed by atoms with Gasteiger partial charge in [-0.1, -0.05) is 11.6 Å². The maximum Gasteiger partial charge on any atom is 0.419 e. The SMILES string of the molecule is Fc1ccc(C(F)(F)F)c(F)c1N1CC2(CC(c3nnc4n3-c3ccc(Cl)cc3CN(C3CC3)C4)C2)C1. The van der Waals surface area contributed by atoms with E-state index >= 15 is 0 Å². The van der Waals surface area contributed by atoms with E-state index in [0.717, 1.165) is 42.3 Å². The highest BCUT2D eigenvalue weighted by Crippen LogP contribution is 2.57. The van der Waals surface area contributed by atoms with Crippen LogP contribution in [0.5, 0.6) is 0 Å². The van der Waals surface area contributed by atoms with Gasteiger partial charge < -0.3 is 4.90 Å². The van der Waals surface area contributed by atoms with Crippen LogP contribution in [0.4, 0.5) is 27.6 Å². The average Bonchev–Trinajstić information content (AvgIpc) is 3.56. The first-order chi connectivity index (χ1) is 17.6. The van der Waals surface area contributed by atoms with Crippen molar-refractivity contribution in [1.29, 1.82) is 0 Å². The van der Waals surface area contributed by atoms with Gasteiger partial charge in [-0.25, -0.2) is 8.78 Å². The minimum absolute atomic E-state index is 0.107. The maximum atomic E-state index is 14.6. The lowest BCUT2D eigenvalue weighted by atomic mass is 9.57. The van der Waals surface area contributed by atoms with Crippen LogP contribution in [0.15, 0.2) is 30.3 Å². The van der Waals surface area contributed by atoms with Gasteiger partial charge in [0.15, 0.2) is 11.6 Å². The zero-order chi connectivity index (χ0) is 25.7. The number of fused-ring (bicyclic) bond motifs is 3. The van der Waals surface area contributed by atoms with Crippen LogP contribution in [0.25, 0.3) is 5.69 Å². The van der Waals surface area contributed by atoms with E-state index in [1.807, 2.05) is 18.2 Å². The predicted molar refractivity (Wildman–Crippen MR) is 127 cm³/mol. The summed E-state index contributed by atoms with van der Waals surface area (Å²) in [4.78, 5) is 3.79. The molecule has 0 amide bonds. The molecule has 37 heavy (non-hydrogen) atoms. The van der Waals surface area contributed by atoms with Crippen molar-refractivity contribution in [3.8, 4) is 5.69 Å². The third-order valence-corrected chi connectivity index (χ3v) is 8.52. The van der Waals surface area contributed by atoms with Gasteiger partial charge in [0.2, 0.25) is 0 Å². The number of benzene rings is 2. The van der Waals surface area contributed by atoms with E-state index in [9.17, 15) is 22.0 Å². The summed E-state index contributed by atoms with van der Waals surface area (Å²) >= 11 is 6.32. The number of nitrogens with zero attached hydrogens (tertiary/aromatic N) is 5. The van der Waals surface area contributed by atoms with Gasteiger partial charge in [-0.05, 0) is 61.6 Å². The molecule has 0 radical (unpaired) electrons. The molecule has 4 aliphatic rings. The standard InChI is InChI=1S/C26H23ClF5N5/c27-16-1-6-20-14(7-16)10-35(17-2-3-17)11-21-33-34-24(37(20)21)15-8-25(9-15)12-36(13-25)23-19(28)5-4-18(22(23)29)26(30,31)32/h1,4-7,15,17H,2-3,8-13H2. The number of anilines is 1. The van der Waals surface area contributed by atoms with Crippen LogP contribution in [0, 0.1) is 17.0 Å². The molecule has 3 aromatic rings. The number of halogens is 6. The lowest BCUT2D eigenvalue weighted by Crippen LogP contribution is -2.62. The van der Waals surface area contributed by atoms with Crippen molar-refractivity contribution in [1.82, 2.24) is 19.7 Å². The van der Waals surface area contributed by atoms with Gasteiger partial charge in [0.1, 0.15) is 17.3 Å². The maximum absolute atomic E-state index is 14.6. The third-order valence-electron chi connectivity index (χ3n) is 8.28. The number of rotatable bonds is 3. The highest BCUT2D eigenvalue weighted by molar-refractivity contribution is 6.30. The molecule has 0 atom stereocenters. The van der Waals surface area contributed by atoms with E-state index in [1.54, 1.807) is 0 Å². The van der Waals surface area contributed by atoms with E-state index in [1.165, 1.54) is 17.7 Å². The largest absolute Gasteiger partial charge is 0.419 e. The number of alkyl halides is 3. The first kappa shape index (κ1) is 23.4.